The topological polar surface area (TPSA) is 104 Å². The molecule has 0 bridgehead atoms. The number of halogens is 2. The van der Waals surface area contributed by atoms with Crippen LogP contribution in [0, 0.1) is 11.6 Å². The summed E-state index contributed by atoms with van der Waals surface area (Å²) >= 11 is 0. The van der Waals surface area contributed by atoms with Crippen molar-refractivity contribution in [2.24, 2.45) is 0 Å². The molecule has 226 valence electrons. The maximum absolute atomic E-state index is 14.8. The van der Waals surface area contributed by atoms with E-state index in [1.807, 2.05) is 6.20 Å². The van der Waals surface area contributed by atoms with Crippen LogP contribution in [0.25, 0.3) is 16.7 Å². The lowest BCUT2D eigenvalue weighted by Crippen LogP contribution is -2.37. The molecule has 0 amide bonds. The zero-order valence-corrected chi connectivity index (χ0v) is 25.4. The molecule has 0 atom stereocenters. The number of imidazole rings is 1. The zero-order valence-electron chi connectivity index (χ0n) is 24.4. The third kappa shape index (κ3) is 6.12. The largest absolute Gasteiger partial charge is 0.381 e. The van der Waals surface area contributed by atoms with Gasteiger partial charge in [0, 0.05) is 46.5 Å². The van der Waals surface area contributed by atoms with E-state index < -0.39 is 19.7 Å². The average molecular weight is 601 g/mol. The summed E-state index contributed by atoms with van der Waals surface area (Å²) in [5.74, 6) is -0.0213. The number of aromatic nitrogens is 6. The van der Waals surface area contributed by atoms with E-state index in [0.29, 0.717) is 75.3 Å². The number of morpholine rings is 1. The second-order valence-electron chi connectivity index (χ2n) is 12.1. The summed E-state index contributed by atoms with van der Waals surface area (Å²) in [5.41, 5.74) is 2.26. The quantitative estimate of drug-likeness (QED) is 0.209. The van der Waals surface area contributed by atoms with Crippen molar-refractivity contribution >= 4 is 36.7 Å². The van der Waals surface area contributed by atoms with Crippen LogP contribution in [0.15, 0.2) is 18.3 Å². The lowest BCUT2D eigenvalue weighted by molar-refractivity contribution is 0.0855. The Kier molecular flexibility index (Phi) is 8.39. The number of fused-ring (bicyclic) bond motifs is 2. The summed E-state index contributed by atoms with van der Waals surface area (Å²) in [4.78, 5) is 16.4. The molecule has 2 aliphatic heterocycles. The number of anilines is 2. The molecule has 42 heavy (non-hydrogen) atoms. The molecule has 3 aromatic heterocycles. The van der Waals surface area contributed by atoms with Gasteiger partial charge in [-0.05, 0) is 36.9 Å². The monoisotopic (exact) mass is 600 g/mol. The lowest BCUT2D eigenvalue weighted by Gasteiger charge is -2.27. The summed E-state index contributed by atoms with van der Waals surface area (Å²) in [6.45, 7) is 11.8. The van der Waals surface area contributed by atoms with Gasteiger partial charge in [-0.25, -0.2) is 13.8 Å². The van der Waals surface area contributed by atoms with Gasteiger partial charge in [-0.2, -0.15) is 19.6 Å². The van der Waals surface area contributed by atoms with Gasteiger partial charge in [-0.15, -0.1) is 0 Å². The highest BCUT2D eigenvalue weighted by molar-refractivity contribution is 6.76. The lowest BCUT2D eigenvalue weighted by atomic mass is 9.94. The van der Waals surface area contributed by atoms with E-state index >= 15 is 0 Å². The van der Waals surface area contributed by atoms with E-state index in [2.05, 4.69) is 39.9 Å². The Hall–Kier alpha value is -3.20. The summed E-state index contributed by atoms with van der Waals surface area (Å²) < 4.78 is 49.5. The Morgan fingerprint density at radius 2 is 1.79 bits per heavy atom. The van der Waals surface area contributed by atoms with Crippen molar-refractivity contribution in [3.8, 4) is 0 Å². The van der Waals surface area contributed by atoms with Crippen LogP contribution < -0.4 is 10.2 Å². The normalized spacial score (nSPS) is 17.0. The van der Waals surface area contributed by atoms with Crippen molar-refractivity contribution in [3.05, 3.63) is 41.4 Å². The zero-order chi connectivity index (χ0) is 29.3. The second kappa shape index (κ2) is 12.2. The number of nitrogens with one attached hydrogen (secondary N) is 1. The van der Waals surface area contributed by atoms with E-state index in [1.54, 1.807) is 15.1 Å². The Balaban J connectivity index is 1.33. The number of benzene rings is 1. The van der Waals surface area contributed by atoms with Gasteiger partial charge in [0.2, 0.25) is 11.9 Å². The van der Waals surface area contributed by atoms with Crippen LogP contribution in [0.3, 0.4) is 0 Å². The minimum Gasteiger partial charge on any atom is -0.381 e. The Morgan fingerprint density at radius 3 is 2.55 bits per heavy atom. The van der Waals surface area contributed by atoms with E-state index in [0.717, 1.165) is 36.2 Å². The minimum atomic E-state index is -1.29. The SMILES string of the molecule is C[Si](C)(C)CCOCn1c(CNc2nc(N3CCOCC3)nc3c(C4CCOCC4)cnn23)nc2c(F)c(F)ccc21. The van der Waals surface area contributed by atoms with Gasteiger partial charge in [0.05, 0.1) is 31.5 Å². The van der Waals surface area contributed by atoms with Crippen LogP contribution in [-0.2, 0) is 27.5 Å². The van der Waals surface area contributed by atoms with Gasteiger partial charge >= 0.3 is 0 Å². The fourth-order valence-corrected chi connectivity index (χ4v) is 6.11. The molecule has 5 heterocycles. The van der Waals surface area contributed by atoms with Crippen molar-refractivity contribution in [1.29, 1.82) is 0 Å². The molecule has 0 aliphatic carbocycles. The van der Waals surface area contributed by atoms with E-state index in [4.69, 9.17) is 24.2 Å². The van der Waals surface area contributed by atoms with Crippen LogP contribution >= 0.6 is 0 Å². The molecular formula is C28H38F2N8O3Si. The molecule has 0 radical (unpaired) electrons. The molecule has 6 rings (SSSR count). The molecule has 0 unspecified atom stereocenters. The molecule has 2 fully saturated rings. The smallest absolute Gasteiger partial charge is 0.230 e. The van der Waals surface area contributed by atoms with E-state index in [9.17, 15) is 8.78 Å². The first-order chi connectivity index (χ1) is 20.3. The maximum atomic E-state index is 14.8. The van der Waals surface area contributed by atoms with Crippen molar-refractivity contribution in [2.75, 3.05) is 56.3 Å². The standard InChI is InChI=1S/C28H38F2N8O3Si/c1-42(2,3)15-14-41-18-37-22-5-4-21(29)24(30)25(22)33-23(37)17-31-27-35-28(36-8-12-40-13-9-36)34-26-20(16-32-38(26)27)19-6-10-39-11-7-19/h4-5,16,19H,6-15,17-18H2,1-3H3,(H,31,34,35). The van der Waals surface area contributed by atoms with Crippen molar-refractivity contribution in [2.45, 2.75) is 57.7 Å². The van der Waals surface area contributed by atoms with Crippen molar-refractivity contribution in [1.82, 2.24) is 29.1 Å². The first kappa shape index (κ1) is 28.9. The van der Waals surface area contributed by atoms with Crippen LogP contribution in [0.4, 0.5) is 20.7 Å². The van der Waals surface area contributed by atoms with E-state index in [-0.39, 0.29) is 18.8 Å². The van der Waals surface area contributed by atoms with E-state index in [1.165, 1.54) is 0 Å². The first-order valence-electron chi connectivity index (χ1n) is 14.6. The molecule has 0 saturated carbocycles. The molecule has 14 heteroatoms. The maximum Gasteiger partial charge on any atom is 0.230 e. The molecule has 2 aliphatic rings. The van der Waals surface area contributed by atoms with Gasteiger partial charge in [0.15, 0.2) is 17.3 Å². The molecule has 1 N–H and O–H groups in total. The van der Waals surface area contributed by atoms with Crippen molar-refractivity contribution < 1.29 is 23.0 Å². The highest BCUT2D eigenvalue weighted by Crippen LogP contribution is 2.31. The molecule has 11 nitrogen and oxygen atoms in total. The Labute approximate surface area is 244 Å². The van der Waals surface area contributed by atoms with Crippen LogP contribution in [-0.4, -0.2) is 83.3 Å². The minimum absolute atomic E-state index is 0.0247. The summed E-state index contributed by atoms with van der Waals surface area (Å²) in [5, 5.41) is 8.02. The highest BCUT2D eigenvalue weighted by Gasteiger charge is 2.25. The fraction of sp³-hybridized carbons (Fsp3) is 0.571. The van der Waals surface area contributed by atoms with Gasteiger partial charge in [0.1, 0.15) is 18.1 Å². The third-order valence-corrected chi connectivity index (χ3v) is 9.56. The molecule has 1 aromatic carbocycles. The summed E-state index contributed by atoms with van der Waals surface area (Å²) in [6.07, 6.45) is 3.68. The molecule has 0 spiro atoms. The van der Waals surface area contributed by atoms with Crippen molar-refractivity contribution in [3.63, 3.8) is 0 Å². The number of nitrogens with zero attached hydrogens (tertiary/aromatic N) is 7. The Morgan fingerprint density at radius 1 is 1.02 bits per heavy atom. The number of rotatable bonds is 10. The van der Waals surface area contributed by atoms with Gasteiger partial charge in [-0.1, -0.05) is 19.6 Å². The molecule has 4 aromatic rings. The van der Waals surface area contributed by atoms with Crippen LogP contribution in [0.1, 0.15) is 30.1 Å². The predicted octanol–water partition coefficient (Wildman–Crippen LogP) is 4.41. The summed E-state index contributed by atoms with van der Waals surface area (Å²) in [7, 11) is -1.29. The predicted molar refractivity (Wildman–Crippen MR) is 158 cm³/mol. The first-order valence-corrected chi connectivity index (χ1v) is 18.3. The van der Waals surface area contributed by atoms with Gasteiger partial charge in [-0.3, -0.25) is 0 Å². The number of ether oxygens (including phenoxy) is 3. The van der Waals surface area contributed by atoms with Gasteiger partial charge in [0.25, 0.3) is 0 Å². The number of hydrogen-bond acceptors (Lipinski definition) is 9. The second-order valence-corrected chi connectivity index (χ2v) is 17.7. The fourth-order valence-electron chi connectivity index (χ4n) is 5.35. The summed E-state index contributed by atoms with van der Waals surface area (Å²) in [6, 6.07) is 3.66. The third-order valence-electron chi connectivity index (χ3n) is 7.85. The Bertz CT molecular complexity index is 1540. The highest BCUT2D eigenvalue weighted by atomic mass is 28.3. The van der Waals surface area contributed by atoms with Gasteiger partial charge < -0.3 is 29.0 Å². The van der Waals surface area contributed by atoms with Crippen LogP contribution in [0.5, 0.6) is 0 Å². The number of hydrogen-bond donors (Lipinski definition) is 1. The average Bonchev–Trinajstić information content (AvgIpc) is 3.58. The van der Waals surface area contributed by atoms with Crippen LogP contribution in [0.2, 0.25) is 25.7 Å². The molecular weight excluding hydrogens is 562 g/mol. The molecule has 2 saturated heterocycles.